The second-order valence-electron chi connectivity index (χ2n) is 6.46. The van der Waals surface area contributed by atoms with Crippen molar-refractivity contribution in [3.63, 3.8) is 0 Å². The Morgan fingerprint density at radius 1 is 0.852 bits per heavy atom. The van der Waals surface area contributed by atoms with Crippen LogP contribution in [0.1, 0.15) is 11.3 Å². The Morgan fingerprint density at radius 3 is 2.33 bits per heavy atom. The second kappa shape index (κ2) is 6.80. The van der Waals surface area contributed by atoms with E-state index < -0.39 is 7.73 Å². The first-order chi connectivity index (χ1) is 13.0. The van der Waals surface area contributed by atoms with Crippen LogP contribution >= 0.6 is 19.3 Å². The monoisotopic (exact) mass is 395 g/mol. The lowest BCUT2D eigenvalue weighted by atomic mass is 10.1. The minimum atomic E-state index is -2.18. The summed E-state index contributed by atoms with van der Waals surface area (Å²) in [5.74, 6) is 0. The summed E-state index contributed by atoms with van der Waals surface area (Å²) in [6.07, 6.45) is 0. The average molecular weight is 396 g/mol. The molecule has 0 radical (unpaired) electrons. The van der Waals surface area contributed by atoms with Crippen molar-refractivity contribution in [3.8, 4) is 11.4 Å². The molecule has 134 valence electrons. The Hall–Kier alpha value is -2.68. The van der Waals surface area contributed by atoms with Crippen molar-refractivity contribution in [2.45, 2.75) is 13.8 Å². The lowest BCUT2D eigenvalue weighted by molar-refractivity contribution is 0.584. The van der Waals surface area contributed by atoms with Crippen molar-refractivity contribution in [2.24, 2.45) is 0 Å². The second-order valence-corrected chi connectivity index (χ2v) is 8.20. The number of benzene rings is 3. The highest BCUT2D eigenvalue weighted by Crippen LogP contribution is 2.29. The molecule has 1 aromatic heterocycles. The smallest absolute Gasteiger partial charge is 0.265 e. The Kier molecular flexibility index (Phi) is 4.47. The predicted octanol–water partition coefficient (Wildman–Crippen LogP) is 5.79. The van der Waals surface area contributed by atoms with Crippen LogP contribution in [0.2, 0.25) is 5.02 Å². The summed E-state index contributed by atoms with van der Waals surface area (Å²) in [4.78, 5) is 12.7. The zero-order chi connectivity index (χ0) is 19.1. The van der Waals surface area contributed by atoms with Gasteiger partial charge in [0, 0.05) is 11.1 Å². The summed E-state index contributed by atoms with van der Waals surface area (Å²) in [5.41, 5.74) is 2.63. The fourth-order valence-corrected chi connectivity index (χ4v) is 4.97. The van der Waals surface area contributed by atoms with Gasteiger partial charge in [-0.05, 0) is 65.1 Å². The molecule has 4 rings (SSSR count). The van der Waals surface area contributed by atoms with Gasteiger partial charge in [0.15, 0.2) is 0 Å². The van der Waals surface area contributed by atoms with Crippen LogP contribution in [-0.2, 0) is 4.57 Å². The minimum absolute atomic E-state index is 0.285. The molecule has 27 heavy (non-hydrogen) atoms. The molecule has 4 aromatic rings. The number of aromatic nitrogens is 2. The first-order valence-corrected chi connectivity index (χ1v) is 10.0. The van der Waals surface area contributed by atoms with Crippen LogP contribution in [0.25, 0.3) is 22.1 Å². The Balaban J connectivity index is 2.01. The van der Waals surface area contributed by atoms with Gasteiger partial charge in [-0.2, -0.15) is 0 Å². The molecule has 0 saturated carbocycles. The summed E-state index contributed by atoms with van der Waals surface area (Å²) in [6, 6.07) is 20.5. The highest BCUT2D eigenvalue weighted by atomic mass is 35.5. The minimum Gasteiger partial charge on any atom is -0.265 e. The maximum atomic E-state index is 13.4. The van der Waals surface area contributed by atoms with Gasteiger partial charge in [0.2, 0.25) is 0 Å². The fourth-order valence-electron chi connectivity index (χ4n) is 3.28. The number of nitrogens with zero attached hydrogens (tertiary/aromatic N) is 2. The van der Waals surface area contributed by atoms with E-state index in [1.807, 2.05) is 61.5 Å². The van der Waals surface area contributed by atoms with E-state index in [0.29, 0.717) is 16.4 Å². The summed E-state index contributed by atoms with van der Waals surface area (Å²) >= 11 is 6.06. The number of rotatable bonds is 2. The molecule has 3 aromatic carbocycles. The van der Waals surface area contributed by atoms with Gasteiger partial charge in [-0.25, -0.2) is 0 Å². The molecule has 0 aliphatic carbocycles. The predicted molar refractivity (Wildman–Crippen MR) is 111 cm³/mol. The maximum Gasteiger partial charge on any atom is 0.608 e. The van der Waals surface area contributed by atoms with Crippen LogP contribution < -0.4 is 5.56 Å². The lowest BCUT2D eigenvalue weighted by Gasteiger charge is -2.08. The maximum absolute atomic E-state index is 13.4. The van der Waals surface area contributed by atoms with Gasteiger partial charge < -0.3 is 0 Å². The largest absolute Gasteiger partial charge is 0.608 e. The number of hydrogen-bond acceptors (Lipinski definition) is 2. The summed E-state index contributed by atoms with van der Waals surface area (Å²) in [5, 5.41) is 2.68. The third-order valence-corrected chi connectivity index (χ3v) is 6.46. The first kappa shape index (κ1) is 17.7. The van der Waals surface area contributed by atoms with Crippen LogP contribution in [0.5, 0.6) is 0 Å². The van der Waals surface area contributed by atoms with Crippen molar-refractivity contribution in [1.82, 2.24) is 8.66 Å². The molecule has 0 saturated heterocycles. The van der Waals surface area contributed by atoms with E-state index in [4.69, 9.17) is 11.6 Å². The standard InChI is InChI=1S/C21H17ClN2O2P/c1-14-11-18(22)8-10-20(14)23-15(2)12-21(25)24(27(23)26)19-9-7-16-5-3-4-6-17(16)13-19/h3-13H,1-2H3/q+1. The quantitative estimate of drug-likeness (QED) is 0.431. The number of hydrogen-bond donors (Lipinski definition) is 0. The van der Waals surface area contributed by atoms with Crippen LogP contribution in [0.4, 0.5) is 0 Å². The van der Waals surface area contributed by atoms with Gasteiger partial charge >= 0.3 is 7.73 Å². The van der Waals surface area contributed by atoms with Crippen LogP contribution in [0, 0.1) is 13.8 Å². The van der Waals surface area contributed by atoms with E-state index in [1.54, 1.807) is 17.3 Å². The Morgan fingerprint density at radius 2 is 1.59 bits per heavy atom. The van der Waals surface area contributed by atoms with Crippen molar-refractivity contribution < 1.29 is 4.57 Å². The van der Waals surface area contributed by atoms with E-state index >= 15 is 0 Å². The molecule has 0 bridgehead atoms. The fraction of sp³-hybridized carbons (Fsp3) is 0.0952. The van der Waals surface area contributed by atoms with E-state index in [2.05, 4.69) is 0 Å². The molecule has 6 heteroatoms. The molecule has 0 spiro atoms. The van der Waals surface area contributed by atoms with Gasteiger partial charge in [-0.15, -0.1) is 4.33 Å². The third kappa shape index (κ3) is 3.12. The van der Waals surface area contributed by atoms with Crippen molar-refractivity contribution >= 4 is 30.1 Å². The molecule has 0 aliphatic rings. The Labute approximate surface area is 162 Å². The van der Waals surface area contributed by atoms with Crippen molar-refractivity contribution in [2.75, 3.05) is 0 Å². The van der Waals surface area contributed by atoms with E-state index in [0.717, 1.165) is 22.0 Å². The normalized spacial score (nSPS) is 11.7. The first-order valence-electron chi connectivity index (χ1n) is 8.50. The van der Waals surface area contributed by atoms with Gasteiger partial charge in [0.1, 0.15) is 0 Å². The summed E-state index contributed by atoms with van der Waals surface area (Å²) in [7, 11) is -2.18. The highest BCUT2D eigenvalue weighted by molar-refractivity contribution is 7.29. The molecule has 1 heterocycles. The van der Waals surface area contributed by atoms with Crippen molar-refractivity contribution in [1.29, 1.82) is 0 Å². The number of fused-ring (bicyclic) bond motifs is 1. The van der Waals surface area contributed by atoms with Gasteiger partial charge in [0.05, 0.1) is 17.1 Å². The summed E-state index contributed by atoms with van der Waals surface area (Å²) < 4.78 is 16.5. The van der Waals surface area contributed by atoms with Crippen LogP contribution in [-0.4, -0.2) is 8.66 Å². The zero-order valence-electron chi connectivity index (χ0n) is 14.9. The highest BCUT2D eigenvalue weighted by Gasteiger charge is 2.24. The summed E-state index contributed by atoms with van der Waals surface area (Å²) in [6.45, 7) is 3.70. The topological polar surface area (TPSA) is 44.0 Å². The van der Waals surface area contributed by atoms with E-state index in [1.165, 1.54) is 10.4 Å². The molecule has 0 N–H and O–H groups in total. The molecular formula is C21H17ClN2O2P+. The molecule has 0 fully saturated rings. The lowest BCUT2D eigenvalue weighted by Crippen LogP contribution is -2.19. The van der Waals surface area contributed by atoms with E-state index in [-0.39, 0.29) is 5.56 Å². The van der Waals surface area contributed by atoms with Gasteiger partial charge in [-0.1, -0.05) is 46.3 Å². The van der Waals surface area contributed by atoms with E-state index in [9.17, 15) is 9.36 Å². The van der Waals surface area contributed by atoms with Gasteiger partial charge in [-0.3, -0.25) is 4.79 Å². The molecule has 0 aliphatic heterocycles. The number of aryl methyl sites for hydroxylation is 2. The van der Waals surface area contributed by atoms with Crippen molar-refractivity contribution in [3.05, 3.63) is 93.4 Å². The van der Waals surface area contributed by atoms with Crippen LogP contribution in [0.15, 0.2) is 71.5 Å². The molecule has 4 nitrogen and oxygen atoms in total. The third-order valence-electron chi connectivity index (χ3n) is 4.58. The Bertz CT molecular complexity index is 1310. The molecule has 1 atom stereocenters. The molecule has 1 unspecified atom stereocenters. The zero-order valence-corrected chi connectivity index (χ0v) is 16.5. The van der Waals surface area contributed by atoms with Gasteiger partial charge in [0.25, 0.3) is 5.56 Å². The SMILES string of the molecule is Cc1cc(Cl)ccc1-n1c(C)cc(=O)n(-c2ccc3ccccc3c2)[p+]1=O. The van der Waals surface area contributed by atoms with Crippen LogP contribution in [0.3, 0.4) is 0 Å². The number of halogens is 1. The molecular weight excluding hydrogens is 379 g/mol. The molecule has 0 amide bonds. The average Bonchev–Trinajstić information content (AvgIpc) is 2.63.